The topological polar surface area (TPSA) is 165 Å². The molecule has 12 heteroatoms. The third kappa shape index (κ3) is 9.77. The molecule has 3 aromatic rings. The lowest BCUT2D eigenvalue weighted by atomic mass is 9.55. The first-order valence-electron chi connectivity index (χ1n) is 19.1. The summed E-state index contributed by atoms with van der Waals surface area (Å²) < 4.78 is 16.0. The second-order valence-corrected chi connectivity index (χ2v) is 15.3. The molecule has 284 valence electrons. The third-order valence-electron chi connectivity index (χ3n) is 11.2. The van der Waals surface area contributed by atoms with Gasteiger partial charge in [-0.25, -0.2) is 4.79 Å². The van der Waals surface area contributed by atoms with E-state index in [-0.39, 0.29) is 38.3 Å². The maximum Gasteiger partial charge on any atom is 0.408 e. The molecule has 2 unspecified atom stereocenters. The van der Waals surface area contributed by atoms with Crippen molar-refractivity contribution in [2.24, 2.45) is 23.7 Å². The van der Waals surface area contributed by atoms with Gasteiger partial charge in [0.25, 0.3) is 0 Å². The third-order valence-corrected chi connectivity index (χ3v) is 11.2. The van der Waals surface area contributed by atoms with Gasteiger partial charge >= 0.3 is 18.0 Å². The van der Waals surface area contributed by atoms with Crippen LogP contribution in [-0.4, -0.2) is 59.8 Å². The molecule has 4 aliphatic rings. The number of carbonyl (C=O) groups is 5. The van der Waals surface area contributed by atoms with E-state index in [9.17, 15) is 24.0 Å². The standard InChI is InChI=1S/C41H52N4O8/c1-3-4-14-36(47)51-25-52-37(48)16-15-35(46)44-34(28-10-6-5-7-11-28)24-43-39(49)41(2,22-31-23-42-33-13-9-8-12-32(31)33)45-40(50)53-38-29-18-26-17-27(20-29)21-30(38)19-26/h5-13,23,26-27,29-30,34,38,42H,3-4,14-22,24-25H2,1-2H3,(H,43,49)(H,44,46)(H,45,50). The van der Waals surface area contributed by atoms with E-state index in [0.29, 0.717) is 18.3 Å². The first kappa shape index (κ1) is 37.9. The summed E-state index contributed by atoms with van der Waals surface area (Å²) in [7, 11) is 0. The average molecular weight is 729 g/mol. The zero-order valence-corrected chi connectivity index (χ0v) is 30.7. The molecule has 12 nitrogen and oxygen atoms in total. The molecular weight excluding hydrogens is 676 g/mol. The first-order valence-corrected chi connectivity index (χ1v) is 19.1. The predicted molar refractivity (Wildman–Crippen MR) is 197 cm³/mol. The number of hydrogen-bond acceptors (Lipinski definition) is 8. The van der Waals surface area contributed by atoms with Gasteiger partial charge < -0.3 is 35.1 Å². The number of fused-ring (bicyclic) bond motifs is 1. The number of alkyl carbamates (subject to hydrolysis) is 1. The molecule has 4 bridgehead atoms. The number of nitrogens with one attached hydrogen (secondary N) is 4. The van der Waals surface area contributed by atoms with Gasteiger partial charge in [0.15, 0.2) is 0 Å². The summed E-state index contributed by atoms with van der Waals surface area (Å²) in [4.78, 5) is 68.1. The zero-order chi connectivity index (χ0) is 37.4. The van der Waals surface area contributed by atoms with Gasteiger partial charge in [0.1, 0.15) is 11.6 Å². The quantitative estimate of drug-likeness (QED) is 0.0970. The van der Waals surface area contributed by atoms with Crippen LogP contribution in [0.25, 0.3) is 10.9 Å². The summed E-state index contributed by atoms with van der Waals surface area (Å²) >= 11 is 0. The largest absolute Gasteiger partial charge is 0.446 e. The van der Waals surface area contributed by atoms with Crippen LogP contribution in [0.2, 0.25) is 0 Å². The van der Waals surface area contributed by atoms with Gasteiger partial charge in [-0.05, 0) is 86.3 Å². The zero-order valence-electron chi connectivity index (χ0n) is 30.7. The summed E-state index contributed by atoms with van der Waals surface area (Å²) in [6.07, 6.45) is 8.38. The minimum absolute atomic E-state index is 0.0164. The number of H-pyrrole nitrogens is 1. The summed E-state index contributed by atoms with van der Waals surface area (Å²) in [6.45, 7) is 3.17. The highest BCUT2D eigenvalue weighted by molar-refractivity contribution is 5.91. The Hall–Kier alpha value is -4.87. The Morgan fingerprint density at radius 3 is 2.21 bits per heavy atom. The monoisotopic (exact) mass is 728 g/mol. The van der Waals surface area contributed by atoms with Crippen LogP contribution in [0, 0.1) is 23.7 Å². The molecule has 4 aliphatic carbocycles. The number of para-hydroxylation sites is 1. The molecule has 0 radical (unpaired) electrons. The molecule has 0 spiro atoms. The lowest BCUT2D eigenvalue weighted by molar-refractivity contribution is -0.167. The van der Waals surface area contributed by atoms with Crippen molar-refractivity contribution in [3.8, 4) is 0 Å². The van der Waals surface area contributed by atoms with Gasteiger partial charge in [-0.3, -0.25) is 19.2 Å². The van der Waals surface area contributed by atoms with Crippen molar-refractivity contribution in [1.82, 2.24) is 20.9 Å². The Morgan fingerprint density at radius 1 is 0.849 bits per heavy atom. The van der Waals surface area contributed by atoms with Crippen LogP contribution in [0.3, 0.4) is 0 Å². The van der Waals surface area contributed by atoms with Gasteiger partial charge in [-0.2, -0.15) is 0 Å². The second kappa shape index (κ2) is 17.3. The SMILES string of the molecule is CCCCC(=O)OCOC(=O)CCC(=O)NC(CNC(=O)C(C)(Cc1c[nH]c2ccccc12)NC(=O)OC1C2CC3CC(C2)CC1C3)c1ccccc1. The number of hydrogen-bond donors (Lipinski definition) is 4. The highest BCUT2D eigenvalue weighted by Gasteiger charge is 2.50. The molecule has 0 saturated heterocycles. The highest BCUT2D eigenvalue weighted by Crippen LogP contribution is 2.54. The predicted octanol–water partition coefficient (Wildman–Crippen LogP) is 6.01. The summed E-state index contributed by atoms with van der Waals surface area (Å²) in [5.74, 6) is 0.228. The van der Waals surface area contributed by atoms with Crippen molar-refractivity contribution >= 4 is 40.7 Å². The van der Waals surface area contributed by atoms with Crippen LogP contribution in [0.5, 0.6) is 0 Å². The molecule has 4 N–H and O–H groups in total. The number of amides is 3. The number of carbonyl (C=O) groups excluding carboxylic acids is 5. The van der Waals surface area contributed by atoms with E-state index in [2.05, 4.69) is 20.9 Å². The van der Waals surface area contributed by atoms with E-state index in [4.69, 9.17) is 14.2 Å². The van der Waals surface area contributed by atoms with E-state index < -0.39 is 48.2 Å². The van der Waals surface area contributed by atoms with Gasteiger partial charge in [-0.1, -0.05) is 61.9 Å². The molecule has 7 rings (SSSR count). The summed E-state index contributed by atoms with van der Waals surface area (Å²) in [5, 5.41) is 9.83. The Bertz CT molecular complexity index is 1730. The molecule has 0 aliphatic heterocycles. The van der Waals surface area contributed by atoms with E-state index in [0.717, 1.165) is 66.0 Å². The van der Waals surface area contributed by atoms with Gasteiger partial charge in [-0.15, -0.1) is 0 Å². The van der Waals surface area contributed by atoms with Crippen LogP contribution in [0.1, 0.15) is 95.2 Å². The number of benzene rings is 2. The number of ether oxygens (including phenoxy) is 3. The van der Waals surface area contributed by atoms with E-state index in [1.807, 2.05) is 67.7 Å². The fourth-order valence-corrected chi connectivity index (χ4v) is 8.72. The minimum Gasteiger partial charge on any atom is -0.446 e. The van der Waals surface area contributed by atoms with E-state index in [1.54, 1.807) is 6.92 Å². The van der Waals surface area contributed by atoms with Crippen molar-refractivity contribution in [2.45, 2.75) is 102 Å². The van der Waals surface area contributed by atoms with Gasteiger partial charge in [0.2, 0.25) is 18.6 Å². The maximum absolute atomic E-state index is 14.2. The molecule has 2 atom stereocenters. The van der Waals surface area contributed by atoms with Gasteiger partial charge in [0.05, 0.1) is 12.5 Å². The molecule has 4 saturated carbocycles. The number of aromatic nitrogens is 1. The summed E-state index contributed by atoms with van der Waals surface area (Å²) in [5.41, 5.74) is 1.13. The Labute approximate surface area is 310 Å². The van der Waals surface area contributed by atoms with Crippen molar-refractivity contribution < 1.29 is 38.2 Å². The van der Waals surface area contributed by atoms with Crippen LogP contribution >= 0.6 is 0 Å². The van der Waals surface area contributed by atoms with Crippen molar-refractivity contribution in [1.29, 1.82) is 0 Å². The molecule has 53 heavy (non-hydrogen) atoms. The van der Waals surface area contributed by atoms with Crippen LogP contribution in [-0.2, 0) is 39.8 Å². The van der Waals surface area contributed by atoms with Gasteiger partial charge in [0, 0.05) is 42.9 Å². The lowest BCUT2D eigenvalue weighted by Crippen LogP contribution is -2.60. The molecule has 1 heterocycles. The van der Waals surface area contributed by atoms with Crippen molar-refractivity contribution in [3.63, 3.8) is 0 Å². The van der Waals surface area contributed by atoms with E-state index >= 15 is 0 Å². The molecule has 2 aromatic carbocycles. The number of unbranched alkanes of at least 4 members (excludes halogenated alkanes) is 1. The second-order valence-electron chi connectivity index (χ2n) is 15.3. The smallest absolute Gasteiger partial charge is 0.408 e. The Morgan fingerprint density at radius 2 is 1.51 bits per heavy atom. The van der Waals surface area contributed by atoms with Crippen molar-refractivity contribution in [3.05, 3.63) is 71.9 Å². The summed E-state index contributed by atoms with van der Waals surface area (Å²) in [6, 6.07) is 16.3. The fraction of sp³-hybridized carbons (Fsp3) is 0.537. The van der Waals surface area contributed by atoms with Crippen LogP contribution < -0.4 is 16.0 Å². The molecule has 1 aromatic heterocycles. The lowest BCUT2D eigenvalue weighted by Gasteiger charge is -2.53. The highest BCUT2D eigenvalue weighted by atomic mass is 16.7. The molecule has 3 amide bonds. The average Bonchev–Trinajstić information content (AvgIpc) is 3.55. The molecule has 4 fully saturated rings. The number of rotatable bonds is 17. The first-order chi connectivity index (χ1) is 25.6. The Kier molecular flexibility index (Phi) is 12.4. The Balaban J connectivity index is 1.10. The normalized spacial score (nSPS) is 23.0. The van der Waals surface area contributed by atoms with E-state index in [1.165, 1.54) is 6.42 Å². The fourth-order valence-electron chi connectivity index (χ4n) is 8.72. The number of esters is 2. The molecular formula is C41H52N4O8. The maximum atomic E-state index is 14.2. The van der Waals surface area contributed by atoms with Crippen LogP contribution in [0.4, 0.5) is 4.79 Å². The number of aromatic amines is 1. The van der Waals surface area contributed by atoms with Crippen LogP contribution in [0.15, 0.2) is 60.8 Å². The minimum atomic E-state index is -1.40. The van der Waals surface area contributed by atoms with Crippen molar-refractivity contribution in [2.75, 3.05) is 13.3 Å².